The van der Waals surface area contributed by atoms with Gasteiger partial charge in [-0.2, -0.15) is 0 Å². The SMILES string of the molecule is Cc1c(C(=O)O)c(=S)[nH]c(=O)n1N. The molecule has 7 heteroatoms. The Morgan fingerprint density at radius 1 is 1.69 bits per heavy atom. The van der Waals surface area contributed by atoms with E-state index >= 15 is 0 Å². The Balaban J connectivity index is 3.73. The Labute approximate surface area is 77.6 Å². The highest BCUT2D eigenvalue weighted by Gasteiger charge is 2.13. The fourth-order valence-electron chi connectivity index (χ4n) is 0.909. The Hall–Kier alpha value is -1.63. The van der Waals surface area contributed by atoms with Crippen LogP contribution in [0.15, 0.2) is 4.79 Å². The first kappa shape index (κ1) is 9.46. The number of carboxylic acid groups (broad SMARTS) is 1. The van der Waals surface area contributed by atoms with Crippen molar-refractivity contribution in [2.75, 3.05) is 5.84 Å². The summed E-state index contributed by atoms with van der Waals surface area (Å²) in [7, 11) is 0. The molecule has 0 aliphatic carbocycles. The number of carbonyl (C=O) groups is 1. The predicted molar refractivity (Wildman–Crippen MR) is 47.7 cm³/mol. The van der Waals surface area contributed by atoms with E-state index in [-0.39, 0.29) is 15.9 Å². The lowest BCUT2D eigenvalue weighted by Gasteiger charge is -2.05. The van der Waals surface area contributed by atoms with E-state index in [0.717, 1.165) is 0 Å². The maximum Gasteiger partial charge on any atom is 0.345 e. The minimum absolute atomic E-state index is 0.114. The summed E-state index contributed by atoms with van der Waals surface area (Å²) in [5.74, 6) is 4.04. The van der Waals surface area contributed by atoms with Crippen LogP contribution in [0.5, 0.6) is 0 Å². The van der Waals surface area contributed by atoms with E-state index in [2.05, 4.69) is 17.2 Å². The third kappa shape index (κ3) is 1.45. The predicted octanol–water partition coefficient (Wildman–Crippen LogP) is -0.374. The normalized spacial score (nSPS) is 9.92. The monoisotopic (exact) mass is 201 g/mol. The van der Waals surface area contributed by atoms with Gasteiger partial charge in [0, 0.05) is 0 Å². The van der Waals surface area contributed by atoms with Crippen molar-refractivity contribution < 1.29 is 9.90 Å². The molecule has 1 aromatic rings. The van der Waals surface area contributed by atoms with E-state index in [4.69, 9.17) is 10.9 Å². The Morgan fingerprint density at radius 3 is 2.69 bits per heavy atom. The van der Waals surface area contributed by atoms with E-state index in [9.17, 15) is 9.59 Å². The fourth-order valence-corrected chi connectivity index (χ4v) is 1.23. The average Bonchev–Trinajstić information content (AvgIpc) is 1.99. The molecule has 0 atom stereocenters. The molecule has 0 unspecified atom stereocenters. The molecule has 13 heavy (non-hydrogen) atoms. The van der Waals surface area contributed by atoms with E-state index < -0.39 is 11.7 Å². The molecule has 4 N–H and O–H groups in total. The standard InChI is InChI=1S/C6H7N3O3S/c1-2-3(5(10)11)4(13)8-6(12)9(2)7/h7H2,1H3,(H,10,11)(H,8,12,13). The Morgan fingerprint density at radius 2 is 2.23 bits per heavy atom. The molecule has 0 aliphatic rings. The summed E-state index contributed by atoms with van der Waals surface area (Å²) in [4.78, 5) is 23.8. The number of carboxylic acids is 1. The second-order valence-electron chi connectivity index (χ2n) is 2.39. The molecule has 0 saturated carbocycles. The van der Waals surface area contributed by atoms with Gasteiger partial charge >= 0.3 is 11.7 Å². The maximum absolute atomic E-state index is 11.0. The van der Waals surface area contributed by atoms with E-state index in [1.165, 1.54) is 6.92 Å². The van der Waals surface area contributed by atoms with Gasteiger partial charge in [0.15, 0.2) is 0 Å². The molecular formula is C6H7N3O3S. The minimum Gasteiger partial charge on any atom is -0.478 e. The number of aromatic carboxylic acids is 1. The highest BCUT2D eigenvalue weighted by molar-refractivity contribution is 7.71. The first-order valence-electron chi connectivity index (χ1n) is 3.29. The number of H-pyrrole nitrogens is 1. The number of nitrogens with two attached hydrogens (primary N) is 1. The topological polar surface area (TPSA) is 101 Å². The zero-order valence-corrected chi connectivity index (χ0v) is 7.51. The van der Waals surface area contributed by atoms with Gasteiger partial charge in [-0.15, -0.1) is 0 Å². The number of rotatable bonds is 1. The smallest absolute Gasteiger partial charge is 0.345 e. The molecule has 0 radical (unpaired) electrons. The zero-order valence-electron chi connectivity index (χ0n) is 6.70. The molecule has 0 bridgehead atoms. The van der Waals surface area contributed by atoms with E-state index in [1.807, 2.05) is 0 Å². The van der Waals surface area contributed by atoms with Gasteiger partial charge in [0.05, 0.1) is 5.69 Å². The van der Waals surface area contributed by atoms with Crippen molar-refractivity contribution in [1.29, 1.82) is 0 Å². The van der Waals surface area contributed by atoms with Crippen molar-refractivity contribution in [2.24, 2.45) is 0 Å². The number of hydrogen-bond acceptors (Lipinski definition) is 4. The van der Waals surface area contributed by atoms with Crippen molar-refractivity contribution in [2.45, 2.75) is 6.92 Å². The second kappa shape index (κ2) is 3.02. The molecule has 0 aliphatic heterocycles. The molecule has 0 amide bonds. The van der Waals surface area contributed by atoms with Gasteiger partial charge < -0.3 is 10.9 Å². The van der Waals surface area contributed by atoms with Crippen LogP contribution in [0.3, 0.4) is 0 Å². The summed E-state index contributed by atoms with van der Waals surface area (Å²) in [5.41, 5.74) is -0.661. The van der Waals surface area contributed by atoms with Gasteiger partial charge in [-0.25, -0.2) is 14.3 Å². The molecule has 0 fully saturated rings. The van der Waals surface area contributed by atoms with Crippen molar-refractivity contribution in [3.8, 4) is 0 Å². The minimum atomic E-state index is -1.21. The van der Waals surface area contributed by atoms with Crippen LogP contribution in [0.4, 0.5) is 0 Å². The molecule has 70 valence electrons. The highest BCUT2D eigenvalue weighted by Crippen LogP contribution is 2.03. The highest BCUT2D eigenvalue weighted by atomic mass is 32.1. The third-order valence-electron chi connectivity index (χ3n) is 1.60. The number of hydrogen-bond donors (Lipinski definition) is 3. The van der Waals surface area contributed by atoms with Crippen LogP contribution in [-0.2, 0) is 0 Å². The van der Waals surface area contributed by atoms with Crippen LogP contribution in [-0.4, -0.2) is 20.7 Å². The van der Waals surface area contributed by atoms with E-state index in [1.54, 1.807) is 0 Å². The average molecular weight is 201 g/mol. The molecule has 0 aromatic carbocycles. The van der Waals surface area contributed by atoms with Gasteiger partial charge in [-0.05, 0) is 6.92 Å². The van der Waals surface area contributed by atoms with Gasteiger partial charge in [0.2, 0.25) is 0 Å². The van der Waals surface area contributed by atoms with Gasteiger partial charge in [0.25, 0.3) is 0 Å². The van der Waals surface area contributed by atoms with E-state index in [0.29, 0.717) is 4.68 Å². The summed E-state index contributed by atoms with van der Waals surface area (Å²) in [5, 5.41) is 8.70. The molecule has 1 aromatic heterocycles. The summed E-state index contributed by atoms with van der Waals surface area (Å²) in [6.45, 7) is 1.41. The lowest BCUT2D eigenvalue weighted by atomic mass is 10.2. The van der Waals surface area contributed by atoms with Gasteiger partial charge in [-0.3, -0.25) is 4.98 Å². The van der Waals surface area contributed by atoms with Crippen LogP contribution in [0.25, 0.3) is 0 Å². The zero-order chi connectivity index (χ0) is 10.2. The lowest BCUT2D eigenvalue weighted by molar-refractivity contribution is 0.0694. The first-order chi connectivity index (χ1) is 5.95. The van der Waals surface area contributed by atoms with Crippen molar-refractivity contribution in [3.05, 3.63) is 26.4 Å². The Kier molecular flexibility index (Phi) is 2.20. The summed E-state index contributed by atoms with van der Waals surface area (Å²) in [6, 6.07) is 0. The quantitative estimate of drug-likeness (QED) is 0.425. The largest absolute Gasteiger partial charge is 0.478 e. The number of aromatic nitrogens is 2. The summed E-state index contributed by atoms with van der Waals surface area (Å²) < 4.78 is 0.593. The lowest BCUT2D eigenvalue weighted by Crippen LogP contribution is -2.33. The molecular weight excluding hydrogens is 194 g/mol. The van der Waals surface area contributed by atoms with Crippen LogP contribution in [0.1, 0.15) is 16.1 Å². The molecule has 0 saturated heterocycles. The molecule has 0 spiro atoms. The summed E-state index contributed by atoms with van der Waals surface area (Å²) >= 11 is 4.66. The Bertz CT molecular complexity index is 473. The second-order valence-corrected chi connectivity index (χ2v) is 2.80. The third-order valence-corrected chi connectivity index (χ3v) is 1.91. The fraction of sp³-hybridized carbons (Fsp3) is 0.167. The van der Waals surface area contributed by atoms with Gasteiger partial charge in [-0.1, -0.05) is 12.2 Å². The first-order valence-corrected chi connectivity index (χ1v) is 3.70. The van der Waals surface area contributed by atoms with Gasteiger partial charge in [0.1, 0.15) is 10.2 Å². The van der Waals surface area contributed by atoms with Crippen LogP contribution < -0.4 is 11.5 Å². The van der Waals surface area contributed by atoms with Crippen molar-refractivity contribution >= 4 is 18.2 Å². The number of nitrogens with one attached hydrogen (secondary N) is 1. The molecule has 1 heterocycles. The summed E-state index contributed by atoms with van der Waals surface area (Å²) in [6.07, 6.45) is 0. The van der Waals surface area contributed by atoms with Crippen molar-refractivity contribution in [1.82, 2.24) is 9.66 Å². The van der Waals surface area contributed by atoms with Crippen LogP contribution in [0, 0.1) is 11.6 Å². The molecule has 6 nitrogen and oxygen atoms in total. The van der Waals surface area contributed by atoms with Crippen LogP contribution >= 0.6 is 12.2 Å². The van der Waals surface area contributed by atoms with Crippen LogP contribution in [0.2, 0.25) is 0 Å². The number of aromatic amines is 1. The number of nitrogen functional groups attached to an aromatic ring is 1. The molecule has 1 rings (SSSR count). The van der Waals surface area contributed by atoms with Crippen molar-refractivity contribution in [3.63, 3.8) is 0 Å². The maximum atomic E-state index is 11.0. The number of nitrogens with zero attached hydrogens (tertiary/aromatic N) is 1.